The third-order valence-corrected chi connectivity index (χ3v) is 4.79. The summed E-state index contributed by atoms with van der Waals surface area (Å²) in [5.74, 6) is -1.62. The number of anilines is 1. The van der Waals surface area contributed by atoms with E-state index in [4.69, 9.17) is 0 Å². The number of amides is 3. The smallest absolute Gasteiger partial charge is 0.314 e. The molecule has 0 radical (unpaired) electrons. The minimum Gasteiger partial charge on any atom is -0.345 e. The molecule has 144 valence electrons. The van der Waals surface area contributed by atoms with Gasteiger partial charge in [-0.05, 0) is 39.5 Å². The van der Waals surface area contributed by atoms with E-state index in [2.05, 4.69) is 25.7 Å². The van der Waals surface area contributed by atoms with E-state index in [-0.39, 0.29) is 29.6 Å². The van der Waals surface area contributed by atoms with E-state index in [1.807, 2.05) is 13.8 Å². The molecule has 2 heterocycles. The maximum atomic E-state index is 12.4. The highest BCUT2D eigenvalue weighted by molar-refractivity contribution is 6.39. The van der Waals surface area contributed by atoms with Crippen molar-refractivity contribution >= 4 is 35.2 Å². The zero-order valence-corrected chi connectivity index (χ0v) is 15.8. The average molecular weight is 372 g/mol. The molecule has 2 aliphatic rings. The molecule has 9 heteroatoms. The minimum absolute atomic E-state index is 0.107. The van der Waals surface area contributed by atoms with Crippen LogP contribution in [0.15, 0.2) is 16.1 Å². The molecule has 1 fully saturated rings. The third-order valence-electron chi connectivity index (χ3n) is 4.79. The van der Waals surface area contributed by atoms with Crippen molar-refractivity contribution in [1.82, 2.24) is 15.1 Å². The average Bonchev–Trinajstić information content (AvgIpc) is 3.01. The SMILES string of the molecule is CCC(C)NC(=O)C(=O)Nc1cc(C)nn1C1=NC(=O)C2CCCCC2=N1. The van der Waals surface area contributed by atoms with Crippen LogP contribution in [0.3, 0.4) is 0 Å². The summed E-state index contributed by atoms with van der Waals surface area (Å²) >= 11 is 0. The Morgan fingerprint density at radius 1 is 1.30 bits per heavy atom. The van der Waals surface area contributed by atoms with Gasteiger partial charge in [0.2, 0.25) is 0 Å². The van der Waals surface area contributed by atoms with Crippen LogP contribution in [0.4, 0.5) is 5.82 Å². The van der Waals surface area contributed by atoms with Crippen LogP contribution in [-0.2, 0) is 14.4 Å². The Balaban J connectivity index is 1.82. The molecule has 0 saturated heterocycles. The van der Waals surface area contributed by atoms with Gasteiger partial charge < -0.3 is 10.6 Å². The van der Waals surface area contributed by atoms with E-state index in [9.17, 15) is 14.4 Å². The lowest BCUT2D eigenvalue weighted by Crippen LogP contribution is -2.40. The molecule has 0 bridgehead atoms. The van der Waals surface area contributed by atoms with Crippen LogP contribution >= 0.6 is 0 Å². The fraction of sp³-hybridized carbons (Fsp3) is 0.556. The van der Waals surface area contributed by atoms with Crippen molar-refractivity contribution in [3.63, 3.8) is 0 Å². The lowest BCUT2D eigenvalue weighted by molar-refractivity contribution is -0.136. The van der Waals surface area contributed by atoms with Crippen LogP contribution in [0.1, 0.15) is 51.6 Å². The summed E-state index contributed by atoms with van der Waals surface area (Å²) in [6, 6.07) is 1.50. The van der Waals surface area contributed by atoms with Crippen molar-refractivity contribution in [3.8, 4) is 0 Å². The first-order valence-electron chi connectivity index (χ1n) is 9.28. The van der Waals surface area contributed by atoms with Gasteiger partial charge in [0.1, 0.15) is 5.82 Å². The molecule has 1 aromatic rings. The summed E-state index contributed by atoms with van der Waals surface area (Å²) in [6.45, 7) is 5.48. The number of carbonyl (C=O) groups is 3. The van der Waals surface area contributed by atoms with Gasteiger partial charge in [0.15, 0.2) is 0 Å². The van der Waals surface area contributed by atoms with Crippen molar-refractivity contribution in [3.05, 3.63) is 11.8 Å². The second-order valence-electron chi connectivity index (χ2n) is 6.97. The number of nitrogens with zero attached hydrogens (tertiary/aromatic N) is 4. The summed E-state index contributed by atoms with van der Waals surface area (Å²) in [5, 5.41) is 9.42. The second-order valence-corrected chi connectivity index (χ2v) is 6.97. The number of aliphatic imine (C=N–C) groups is 2. The van der Waals surface area contributed by atoms with E-state index in [1.54, 1.807) is 13.0 Å². The van der Waals surface area contributed by atoms with E-state index in [0.717, 1.165) is 31.4 Å². The highest BCUT2D eigenvalue weighted by Gasteiger charge is 2.32. The summed E-state index contributed by atoms with van der Waals surface area (Å²) in [7, 11) is 0. The number of hydrogen-bond acceptors (Lipinski definition) is 5. The Labute approximate surface area is 157 Å². The molecule has 1 aromatic heterocycles. The monoisotopic (exact) mass is 372 g/mol. The van der Waals surface area contributed by atoms with Gasteiger partial charge in [0.05, 0.1) is 11.6 Å². The Bertz CT molecular complexity index is 838. The van der Waals surface area contributed by atoms with E-state index >= 15 is 0 Å². The summed E-state index contributed by atoms with van der Waals surface area (Å²) in [4.78, 5) is 45.1. The predicted molar refractivity (Wildman–Crippen MR) is 101 cm³/mol. The first-order valence-corrected chi connectivity index (χ1v) is 9.28. The molecule has 3 rings (SSSR count). The van der Waals surface area contributed by atoms with Gasteiger partial charge in [-0.3, -0.25) is 14.4 Å². The number of rotatable bonds is 3. The number of aryl methyl sites for hydroxylation is 1. The lowest BCUT2D eigenvalue weighted by atomic mass is 9.86. The number of aromatic nitrogens is 2. The van der Waals surface area contributed by atoms with Crippen molar-refractivity contribution in [2.45, 2.75) is 58.9 Å². The second kappa shape index (κ2) is 7.81. The van der Waals surface area contributed by atoms with Crippen molar-refractivity contribution in [1.29, 1.82) is 0 Å². The van der Waals surface area contributed by atoms with Crippen molar-refractivity contribution in [2.24, 2.45) is 15.9 Å². The zero-order valence-electron chi connectivity index (χ0n) is 15.8. The van der Waals surface area contributed by atoms with E-state index < -0.39 is 11.8 Å². The molecule has 1 aliphatic carbocycles. The Morgan fingerprint density at radius 2 is 2.07 bits per heavy atom. The number of fused-ring (bicyclic) bond motifs is 1. The lowest BCUT2D eigenvalue weighted by Gasteiger charge is -2.24. The topological polar surface area (TPSA) is 118 Å². The number of carbonyl (C=O) groups excluding carboxylic acids is 3. The Kier molecular flexibility index (Phi) is 5.48. The standard InChI is InChI=1S/C18H24N6O3/c1-4-10(2)19-16(26)17(27)21-14-9-11(3)23-24(14)18-20-13-8-6-5-7-12(13)15(25)22-18/h9-10,12H,4-8H2,1-3H3,(H,19,26)(H,21,27). The molecular formula is C18H24N6O3. The largest absolute Gasteiger partial charge is 0.345 e. The summed E-state index contributed by atoms with van der Waals surface area (Å²) in [5.41, 5.74) is 1.42. The number of nitrogens with one attached hydrogen (secondary N) is 2. The highest BCUT2D eigenvalue weighted by Crippen LogP contribution is 2.26. The molecule has 2 N–H and O–H groups in total. The van der Waals surface area contributed by atoms with Crippen molar-refractivity contribution < 1.29 is 14.4 Å². The van der Waals surface area contributed by atoms with Crippen molar-refractivity contribution in [2.75, 3.05) is 5.32 Å². The van der Waals surface area contributed by atoms with E-state index in [1.165, 1.54) is 4.68 Å². The van der Waals surface area contributed by atoms with Crippen LogP contribution in [0.2, 0.25) is 0 Å². The molecule has 1 aliphatic heterocycles. The fourth-order valence-electron chi connectivity index (χ4n) is 3.13. The van der Waals surface area contributed by atoms with Crippen LogP contribution in [0.5, 0.6) is 0 Å². The minimum atomic E-state index is -0.803. The van der Waals surface area contributed by atoms with Gasteiger partial charge in [-0.25, -0.2) is 4.99 Å². The van der Waals surface area contributed by atoms with Gasteiger partial charge >= 0.3 is 11.8 Å². The highest BCUT2D eigenvalue weighted by atomic mass is 16.2. The maximum Gasteiger partial charge on any atom is 0.314 e. The van der Waals surface area contributed by atoms with Gasteiger partial charge in [-0.15, -0.1) is 0 Å². The molecule has 9 nitrogen and oxygen atoms in total. The van der Waals surface area contributed by atoms with Crippen LogP contribution in [0.25, 0.3) is 0 Å². The summed E-state index contributed by atoms with van der Waals surface area (Å²) < 4.78 is 1.31. The van der Waals surface area contributed by atoms with Gasteiger partial charge in [-0.2, -0.15) is 14.8 Å². The molecule has 2 unspecified atom stereocenters. The Hall–Kier alpha value is -2.84. The van der Waals surface area contributed by atoms with Crippen LogP contribution in [0, 0.1) is 12.8 Å². The quantitative estimate of drug-likeness (QED) is 0.780. The predicted octanol–water partition coefficient (Wildman–Crippen LogP) is 1.42. The van der Waals surface area contributed by atoms with E-state index in [0.29, 0.717) is 12.1 Å². The molecule has 3 amide bonds. The number of hydrogen-bond donors (Lipinski definition) is 2. The van der Waals surface area contributed by atoms with Gasteiger partial charge in [0, 0.05) is 17.8 Å². The van der Waals surface area contributed by atoms with Crippen LogP contribution < -0.4 is 10.6 Å². The molecule has 0 aromatic carbocycles. The Morgan fingerprint density at radius 3 is 2.81 bits per heavy atom. The molecule has 27 heavy (non-hydrogen) atoms. The third kappa shape index (κ3) is 4.12. The molecular weight excluding hydrogens is 348 g/mol. The molecule has 1 saturated carbocycles. The summed E-state index contributed by atoms with van der Waals surface area (Å²) in [6.07, 6.45) is 4.23. The fourth-order valence-corrected chi connectivity index (χ4v) is 3.13. The first-order chi connectivity index (χ1) is 12.9. The van der Waals surface area contributed by atoms with Crippen LogP contribution in [-0.4, -0.2) is 45.2 Å². The molecule has 2 atom stereocenters. The zero-order chi connectivity index (χ0) is 19.6. The molecule has 0 spiro atoms. The van der Waals surface area contributed by atoms with Gasteiger partial charge in [0.25, 0.3) is 11.9 Å². The van der Waals surface area contributed by atoms with Gasteiger partial charge in [-0.1, -0.05) is 13.3 Å². The first kappa shape index (κ1) is 18.9. The maximum absolute atomic E-state index is 12.4. The normalized spacial score (nSPS) is 20.3.